The molecular formula is C20H27NO3S. The van der Waals surface area contributed by atoms with E-state index in [0.29, 0.717) is 6.54 Å². The van der Waals surface area contributed by atoms with Crippen LogP contribution in [-0.2, 0) is 17.5 Å². The molecule has 0 aromatic heterocycles. The summed E-state index contributed by atoms with van der Waals surface area (Å²) < 4.78 is 14.7. The average molecular weight is 362 g/mol. The summed E-state index contributed by atoms with van der Waals surface area (Å²) in [6.45, 7) is 12.8. The predicted molar refractivity (Wildman–Crippen MR) is 105 cm³/mol. The predicted octanol–water partition coefficient (Wildman–Crippen LogP) is 4.34. The van der Waals surface area contributed by atoms with E-state index in [1.54, 1.807) is 36.4 Å². The number of allylic oxidation sites excluding steroid dienone is 3. The molecule has 1 aliphatic heterocycles. The normalized spacial score (nSPS) is 21.0. The highest BCUT2D eigenvalue weighted by Crippen LogP contribution is 2.26. The first-order valence-corrected chi connectivity index (χ1v) is 9.66. The molecular weight excluding hydrogens is 334 g/mol. The number of carboxylic acids is 1. The van der Waals surface area contributed by atoms with E-state index in [0.717, 1.165) is 30.5 Å². The van der Waals surface area contributed by atoms with Crippen molar-refractivity contribution in [1.29, 1.82) is 0 Å². The maximum Gasteiger partial charge on any atom is 0.335 e. The summed E-state index contributed by atoms with van der Waals surface area (Å²) in [6.07, 6.45) is 7.13. The van der Waals surface area contributed by atoms with Crippen LogP contribution >= 0.6 is 0 Å². The summed E-state index contributed by atoms with van der Waals surface area (Å²) in [5.41, 5.74) is 2.16. The summed E-state index contributed by atoms with van der Waals surface area (Å²) in [5, 5.41) is 8.87. The Balaban J connectivity index is 0.00000151. The van der Waals surface area contributed by atoms with Gasteiger partial charge in [0.15, 0.2) is 0 Å². The molecule has 1 aromatic carbocycles. The Morgan fingerprint density at radius 3 is 2.48 bits per heavy atom. The van der Waals surface area contributed by atoms with Crippen LogP contribution < -0.4 is 0 Å². The molecule has 1 saturated heterocycles. The number of hydrogen-bond donors (Lipinski definition) is 1. The average Bonchev–Trinajstić information content (AvgIpc) is 2.64. The van der Waals surface area contributed by atoms with Crippen molar-refractivity contribution in [3.63, 3.8) is 0 Å². The van der Waals surface area contributed by atoms with Crippen molar-refractivity contribution in [3.8, 4) is 0 Å². The van der Waals surface area contributed by atoms with Crippen molar-refractivity contribution < 1.29 is 14.1 Å². The van der Waals surface area contributed by atoms with Gasteiger partial charge in [-0.05, 0) is 36.1 Å². The first-order valence-electron chi connectivity index (χ1n) is 8.49. The van der Waals surface area contributed by atoms with Crippen LogP contribution in [0.2, 0.25) is 0 Å². The van der Waals surface area contributed by atoms with Crippen molar-refractivity contribution in [2.24, 2.45) is 0 Å². The van der Waals surface area contributed by atoms with Gasteiger partial charge in [0.25, 0.3) is 0 Å². The molecule has 1 heterocycles. The second-order valence-corrected chi connectivity index (χ2v) is 7.02. The highest BCUT2D eigenvalue weighted by molar-refractivity contribution is 7.83. The Morgan fingerprint density at radius 1 is 1.32 bits per heavy atom. The van der Waals surface area contributed by atoms with Gasteiger partial charge in [-0.3, -0.25) is 0 Å². The SMILES string of the molecule is C=C/C=C(\C=C)C1CCCN(Cc2ccc(C(=O)O)cc2)S1=O.CC. The molecule has 2 rings (SSSR count). The van der Waals surface area contributed by atoms with Crippen LogP contribution in [0.15, 0.2) is 61.2 Å². The molecule has 1 N–H and O–H groups in total. The quantitative estimate of drug-likeness (QED) is 0.767. The van der Waals surface area contributed by atoms with E-state index in [1.165, 1.54) is 0 Å². The van der Waals surface area contributed by atoms with Gasteiger partial charge < -0.3 is 5.11 Å². The van der Waals surface area contributed by atoms with Gasteiger partial charge >= 0.3 is 5.97 Å². The Morgan fingerprint density at radius 2 is 1.96 bits per heavy atom. The number of nitrogens with zero attached hydrogens (tertiary/aromatic N) is 1. The first-order chi connectivity index (χ1) is 12.1. The molecule has 1 fully saturated rings. The Kier molecular flexibility index (Phi) is 9.10. The lowest BCUT2D eigenvalue weighted by molar-refractivity contribution is 0.0697. The summed E-state index contributed by atoms with van der Waals surface area (Å²) in [7, 11) is -1.13. The number of hydrogen-bond acceptors (Lipinski definition) is 2. The van der Waals surface area contributed by atoms with Gasteiger partial charge in [-0.2, -0.15) is 0 Å². The fourth-order valence-electron chi connectivity index (χ4n) is 2.65. The van der Waals surface area contributed by atoms with Crippen LogP contribution in [0.4, 0.5) is 0 Å². The number of benzene rings is 1. The zero-order chi connectivity index (χ0) is 18.8. The summed E-state index contributed by atoms with van der Waals surface area (Å²) >= 11 is 0. The molecule has 0 radical (unpaired) electrons. The molecule has 0 aliphatic carbocycles. The molecule has 25 heavy (non-hydrogen) atoms. The van der Waals surface area contributed by atoms with Gasteiger partial charge in [0.1, 0.15) is 11.0 Å². The zero-order valence-corrected chi connectivity index (χ0v) is 15.8. The topological polar surface area (TPSA) is 57.6 Å². The monoisotopic (exact) mass is 361 g/mol. The second kappa shape index (κ2) is 10.8. The lowest BCUT2D eigenvalue weighted by Crippen LogP contribution is -2.39. The smallest absolute Gasteiger partial charge is 0.335 e. The van der Waals surface area contributed by atoms with Crippen LogP contribution in [0.1, 0.15) is 42.6 Å². The summed E-state index contributed by atoms with van der Waals surface area (Å²) in [5.74, 6) is -0.941. The van der Waals surface area contributed by atoms with Gasteiger partial charge in [-0.25, -0.2) is 13.3 Å². The van der Waals surface area contributed by atoms with Crippen molar-refractivity contribution in [2.45, 2.75) is 38.5 Å². The van der Waals surface area contributed by atoms with Gasteiger partial charge in [0, 0.05) is 13.1 Å². The van der Waals surface area contributed by atoms with Gasteiger partial charge in [-0.1, -0.05) is 57.4 Å². The van der Waals surface area contributed by atoms with Crippen molar-refractivity contribution >= 4 is 17.0 Å². The minimum Gasteiger partial charge on any atom is -0.478 e. The zero-order valence-electron chi connectivity index (χ0n) is 15.0. The number of rotatable bonds is 6. The minimum atomic E-state index is -1.13. The van der Waals surface area contributed by atoms with Crippen molar-refractivity contribution in [3.05, 3.63) is 72.4 Å². The molecule has 1 aromatic rings. The molecule has 2 unspecified atom stereocenters. The van der Waals surface area contributed by atoms with Crippen LogP contribution in [0.3, 0.4) is 0 Å². The summed E-state index contributed by atoms with van der Waals surface area (Å²) in [6, 6.07) is 6.71. The van der Waals surface area contributed by atoms with Crippen LogP contribution in [0.5, 0.6) is 0 Å². The van der Waals surface area contributed by atoms with E-state index in [-0.39, 0.29) is 10.8 Å². The standard InChI is InChI=1S/C18H21NO3S.C2H6/c1-3-6-15(4-2)17-7-5-12-19(23(17)22)13-14-8-10-16(11-9-14)18(20)21;1-2/h3-4,6,8-11,17H,1-2,5,7,12-13H2,(H,20,21);1-2H3/b15-6+;. The van der Waals surface area contributed by atoms with E-state index in [1.807, 2.05) is 24.2 Å². The molecule has 136 valence electrons. The van der Waals surface area contributed by atoms with Crippen molar-refractivity contribution in [2.75, 3.05) is 6.54 Å². The summed E-state index contributed by atoms with van der Waals surface area (Å²) in [4.78, 5) is 10.9. The second-order valence-electron chi connectivity index (χ2n) is 5.38. The highest BCUT2D eigenvalue weighted by atomic mass is 32.2. The van der Waals surface area contributed by atoms with Crippen LogP contribution in [0.25, 0.3) is 0 Å². The molecule has 0 amide bonds. The van der Waals surface area contributed by atoms with E-state index < -0.39 is 17.0 Å². The Hall–Kier alpha value is -1.98. The molecule has 0 bridgehead atoms. The molecule has 0 saturated carbocycles. The van der Waals surface area contributed by atoms with Gasteiger partial charge in [-0.15, -0.1) is 0 Å². The maximum atomic E-state index is 12.8. The maximum absolute atomic E-state index is 12.8. The van der Waals surface area contributed by atoms with E-state index in [4.69, 9.17) is 5.11 Å². The van der Waals surface area contributed by atoms with Crippen LogP contribution in [-0.4, -0.2) is 31.4 Å². The fraction of sp³-hybridized carbons (Fsp3) is 0.350. The molecule has 0 spiro atoms. The molecule has 2 atom stereocenters. The third kappa shape index (κ3) is 5.80. The highest BCUT2D eigenvalue weighted by Gasteiger charge is 2.29. The van der Waals surface area contributed by atoms with E-state index in [2.05, 4.69) is 13.2 Å². The van der Waals surface area contributed by atoms with E-state index >= 15 is 0 Å². The van der Waals surface area contributed by atoms with Gasteiger partial charge in [0.05, 0.1) is 10.8 Å². The number of carboxylic acid groups (broad SMARTS) is 1. The van der Waals surface area contributed by atoms with Gasteiger partial charge in [0.2, 0.25) is 0 Å². The minimum absolute atomic E-state index is 0.0578. The third-order valence-electron chi connectivity index (χ3n) is 3.85. The fourth-order valence-corrected chi connectivity index (χ4v) is 4.37. The molecule has 4 nitrogen and oxygen atoms in total. The largest absolute Gasteiger partial charge is 0.478 e. The first kappa shape index (κ1) is 21.1. The Labute approximate surface area is 153 Å². The lowest BCUT2D eigenvalue weighted by Gasteiger charge is -2.32. The molecule has 1 aliphatic rings. The molecule has 5 heteroatoms. The number of aromatic carboxylic acids is 1. The van der Waals surface area contributed by atoms with E-state index in [9.17, 15) is 9.00 Å². The Bertz CT molecular complexity index is 649. The lowest BCUT2D eigenvalue weighted by atomic mass is 10.1. The van der Waals surface area contributed by atoms with Crippen LogP contribution in [0, 0.1) is 0 Å². The third-order valence-corrected chi connectivity index (χ3v) is 5.66. The number of carbonyl (C=O) groups is 1. The van der Waals surface area contributed by atoms with Crippen molar-refractivity contribution in [1.82, 2.24) is 4.31 Å².